The van der Waals surface area contributed by atoms with E-state index < -0.39 is 0 Å². The van der Waals surface area contributed by atoms with Gasteiger partial charge < -0.3 is 4.90 Å². The summed E-state index contributed by atoms with van der Waals surface area (Å²) in [6, 6.07) is 10.9. The molecule has 1 aliphatic heterocycles. The second kappa shape index (κ2) is 7.09. The van der Waals surface area contributed by atoms with Crippen molar-refractivity contribution in [1.29, 1.82) is 0 Å². The van der Waals surface area contributed by atoms with Gasteiger partial charge in [0.1, 0.15) is 0 Å². The summed E-state index contributed by atoms with van der Waals surface area (Å²) in [6.07, 6.45) is 4.02. The number of hydrogen-bond donors (Lipinski definition) is 0. The first-order valence-corrected chi connectivity index (χ1v) is 7.89. The van der Waals surface area contributed by atoms with Crippen LogP contribution in [-0.4, -0.2) is 24.5 Å². The van der Waals surface area contributed by atoms with E-state index in [1.54, 1.807) is 0 Å². The smallest absolute Gasteiger partial charge is 0.00104 e. The standard InChI is InChI=1S/C18H29N/c1-15-9-10-16(2)13-19(12-15)14-17(3)11-18-7-5-4-6-8-18/h4-8,15-17H,9-14H2,1-3H3/t15-,16+,17?. The van der Waals surface area contributed by atoms with E-state index in [0.717, 1.165) is 17.8 Å². The zero-order valence-electron chi connectivity index (χ0n) is 12.8. The van der Waals surface area contributed by atoms with Crippen LogP contribution in [0.5, 0.6) is 0 Å². The zero-order chi connectivity index (χ0) is 13.7. The molecule has 1 heteroatoms. The van der Waals surface area contributed by atoms with Crippen molar-refractivity contribution in [2.75, 3.05) is 19.6 Å². The predicted octanol–water partition coefficient (Wildman–Crippen LogP) is 4.23. The maximum atomic E-state index is 2.70. The van der Waals surface area contributed by atoms with Crippen LogP contribution >= 0.6 is 0 Å². The van der Waals surface area contributed by atoms with Crippen LogP contribution in [-0.2, 0) is 6.42 Å². The van der Waals surface area contributed by atoms with Crippen LogP contribution in [0.25, 0.3) is 0 Å². The van der Waals surface area contributed by atoms with Gasteiger partial charge in [-0.05, 0) is 42.6 Å². The summed E-state index contributed by atoms with van der Waals surface area (Å²) in [4.78, 5) is 2.70. The van der Waals surface area contributed by atoms with Gasteiger partial charge in [0.2, 0.25) is 0 Å². The third-order valence-electron chi connectivity index (χ3n) is 4.29. The fraction of sp³-hybridized carbons (Fsp3) is 0.667. The minimum atomic E-state index is 0.750. The average molecular weight is 259 g/mol. The molecule has 1 aromatic rings. The lowest BCUT2D eigenvalue weighted by atomic mass is 10.00. The van der Waals surface area contributed by atoms with Gasteiger partial charge in [-0.2, -0.15) is 0 Å². The first-order chi connectivity index (χ1) is 9.13. The maximum Gasteiger partial charge on any atom is 0.00104 e. The molecule has 0 bridgehead atoms. The van der Waals surface area contributed by atoms with Crippen molar-refractivity contribution in [2.24, 2.45) is 17.8 Å². The predicted molar refractivity (Wildman–Crippen MR) is 83.3 cm³/mol. The van der Waals surface area contributed by atoms with Gasteiger partial charge in [-0.15, -0.1) is 0 Å². The quantitative estimate of drug-likeness (QED) is 0.782. The van der Waals surface area contributed by atoms with Crippen LogP contribution in [0.15, 0.2) is 30.3 Å². The molecule has 19 heavy (non-hydrogen) atoms. The molecule has 1 nitrogen and oxygen atoms in total. The van der Waals surface area contributed by atoms with Gasteiger partial charge in [-0.1, -0.05) is 51.1 Å². The van der Waals surface area contributed by atoms with E-state index in [1.807, 2.05) is 0 Å². The Bertz CT molecular complexity index is 347. The van der Waals surface area contributed by atoms with Gasteiger partial charge >= 0.3 is 0 Å². The Hall–Kier alpha value is -0.820. The highest BCUT2D eigenvalue weighted by Crippen LogP contribution is 2.21. The van der Waals surface area contributed by atoms with E-state index in [4.69, 9.17) is 0 Å². The Balaban J connectivity index is 1.85. The highest BCUT2D eigenvalue weighted by molar-refractivity contribution is 5.15. The van der Waals surface area contributed by atoms with Crippen molar-refractivity contribution in [3.05, 3.63) is 35.9 Å². The highest BCUT2D eigenvalue weighted by atomic mass is 15.1. The zero-order valence-corrected chi connectivity index (χ0v) is 12.8. The minimum absolute atomic E-state index is 0.750. The van der Waals surface area contributed by atoms with Crippen LogP contribution in [0.2, 0.25) is 0 Å². The number of benzene rings is 1. The van der Waals surface area contributed by atoms with Crippen LogP contribution in [0.1, 0.15) is 39.2 Å². The van der Waals surface area contributed by atoms with Gasteiger partial charge in [0.15, 0.2) is 0 Å². The summed E-state index contributed by atoms with van der Waals surface area (Å²) in [5.74, 6) is 2.49. The monoisotopic (exact) mass is 259 g/mol. The Morgan fingerprint density at radius 2 is 1.63 bits per heavy atom. The van der Waals surface area contributed by atoms with Crippen LogP contribution in [0, 0.1) is 17.8 Å². The number of rotatable bonds is 4. The molecule has 0 spiro atoms. The molecule has 0 N–H and O–H groups in total. The van der Waals surface area contributed by atoms with E-state index in [-0.39, 0.29) is 0 Å². The van der Waals surface area contributed by atoms with E-state index in [9.17, 15) is 0 Å². The molecule has 106 valence electrons. The Kier molecular flexibility index (Phi) is 5.45. The molecule has 1 unspecified atom stereocenters. The summed E-state index contributed by atoms with van der Waals surface area (Å²) >= 11 is 0. The van der Waals surface area contributed by atoms with Crippen LogP contribution < -0.4 is 0 Å². The van der Waals surface area contributed by atoms with Crippen LogP contribution in [0.4, 0.5) is 0 Å². The van der Waals surface area contributed by atoms with Crippen molar-refractivity contribution < 1.29 is 0 Å². The maximum absolute atomic E-state index is 2.70. The van der Waals surface area contributed by atoms with Crippen molar-refractivity contribution in [3.8, 4) is 0 Å². The highest BCUT2D eigenvalue weighted by Gasteiger charge is 2.20. The van der Waals surface area contributed by atoms with Crippen molar-refractivity contribution in [3.63, 3.8) is 0 Å². The molecule has 1 fully saturated rings. The molecule has 0 aliphatic carbocycles. The van der Waals surface area contributed by atoms with Crippen LogP contribution in [0.3, 0.4) is 0 Å². The molecule has 1 aliphatic rings. The Labute approximate surface area is 119 Å². The molecule has 1 aromatic carbocycles. The topological polar surface area (TPSA) is 3.24 Å². The molecule has 0 radical (unpaired) electrons. The molecule has 1 heterocycles. The van der Waals surface area contributed by atoms with E-state index in [0.29, 0.717) is 0 Å². The van der Waals surface area contributed by atoms with E-state index in [1.165, 1.54) is 44.5 Å². The third kappa shape index (κ3) is 4.99. The van der Waals surface area contributed by atoms with E-state index >= 15 is 0 Å². The van der Waals surface area contributed by atoms with E-state index in [2.05, 4.69) is 56.0 Å². The van der Waals surface area contributed by atoms with Gasteiger partial charge in [-0.25, -0.2) is 0 Å². The van der Waals surface area contributed by atoms with Gasteiger partial charge in [0.05, 0.1) is 0 Å². The summed E-state index contributed by atoms with van der Waals surface area (Å²) in [5.41, 5.74) is 1.48. The van der Waals surface area contributed by atoms with Gasteiger partial charge in [-0.3, -0.25) is 0 Å². The molecule has 1 saturated heterocycles. The lowest BCUT2D eigenvalue weighted by molar-refractivity contribution is 0.207. The number of nitrogens with zero attached hydrogens (tertiary/aromatic N) is 1. The van der Waals surface area contributed by atoms with Gasteiger partial charge in [0, 0.05) is 19.6 Å². The largest absolute Gasteiger partial charge is 0.303 e. The molecule has 0 amide bonds. The summed E-state index contributed by atoms with van der Waals surface area (Å²) < 4.78 is 0. The normalized spacial score (nSPS) is 26.9. The lowest BCUT2D eigenvalue weighted by Gasteiger charge is -2.27. The summed E-state index contributed by atoms with van der Waals surface area (Å²) in [5, 5.41) is 0. The molecule has 0 aromatic heterocycles. The van der Waals surface area contributed by atoms with Gasteiger partial charge in [0.25, 0.3) is 0 Å². The third-order valence-corrected chi connectivity index (χ3v) is 4.29. The molecular formula is C18H29N. The summed E-state index contributed by atoms with van der Waals surface area (Å²) in [6.45, 7) is 11.1. The number of likely N-dealkylation sites (tertiary alicyclic amines) is 1. The SMILES string of the molecule is CC(Cc1ccccc1)CN1C[C@H](C)CC[C@H](C)C1. The first-order valence-electron chi connectivity index (χ1n) is 7.89. The Morgan fingerprint density at radius 1 is 1.05 bits per heavy atom. The number of hydrogen-bond acceptors (Lipinski definition) is 1. The first kappa shape index (κ1) is 14.6. The fourth-order valence-corrected chi connectivity index (χ4v) is 3.38. The molecule has 3 atom stereocenters. The fourth-order valence-electron chi connectivity index (χ4n) is 3.38. The summed E-state index contributed by atoms with van der Waals surface area (Å²) in [7, 11) is 0. The van der Waals surface area contributed by atoms with Crippen molar-refractivity contribution >= 4 is 0 Å². The minimum Gasteiger partial charge on any atom is -0.303 e. The van der Waals surface area contributed by atoms with Crippen molar-refractivity contribution in [1.82, 2.24) is 4.90 Å². The molecule has 0 saturated carbocycles. The molecular weight excluding hydrogens is 230 g/mol. The lowest BCUT2D eigenvalue weighted by Crippen LogP contribution is -2.34. The molecule has 2 rings (SSSR count). The second-order valence-electron chi connectivity index (χ2n) is 6.80. The average Bonchev–Trinajstić information content (AvgIpc) is 2.52. The van der Waals surface area contributed by atoms with Crippen molar-refractivity contribution in [2.45, 2.75) is 40.0 Å². The second-order valence-corrected chi connectivity index (χ2v) is 6.80. The Morgan fingerprint density at radius 3 is 2.21 bits per heavy atom.